The van der Waals surface area contributed by atoms with Crippen LogP contribution in [0.15, 0.2) is 53.9 Å². The van der Waals surface area contributed by atoms with Crippen molar-refractivity contribution in [2.45, 2.75) is 20.3 Å². The number of hydrogen-bond donors (Lipinski definition) is 0. The molecule has 4 rings (SSSR count). The molecule has 0 saturated heterocycles. The lowest BCUT2D eigenvalue weighted by Gasteiger charge is -2.06. The van der Waals surface area contributed by atoms with Gasteiger partial charge in [-0.25, -0.2) is 4.98 Å². The van der Waals surface area contributed by atoms with Gasteiger partial charge in [0.05, 0.1) is 12.3 Å². The van der Waals surface area contributed by atoms with Gasteiger partial charge in [0.25, 0.3) is 0 Å². The number of thiazole rings is 1. The molecule has 0 bridgehead atoms. The number of benzene rings is 2. The van der Waals surface area contributed by atoms with Crippen molar-refractivity contribution in [3.8, 4) is 28.3 Å². The molecule has 0 N–H and O–H groups in total. The summed E-state index contributed by atoms with van der Waals surface area (Å²) in [4.78, 5) is 17.5. The van der Waals surface area contributed by atoms with Gasteiger partial charge in [-0.1, -0.05) is 31.2 Å². The van der Waals surface area contributed by atoms with Gasteiger partial charge in [-0.2, -0.15) is 0 Å². The van der Waals surface area contributed by atoms with Crippen LogP contribution >= 0.6 is 11.3 Å². The summed E-state index contributed by atoms with van der Waals surface area (Å²) >= 11 is 1.54. The summed E-state index contributed by atoms with van der Waals surface area (Å²) in [6.45, 7) is 4.73. The number of fused-ring (bicyclic) bond motifs is 1. The summed E-state index contributed by atoms with van der Waals surface area (Å²) in [7, 11) is 0. The van der Waals surface area contributed by atoms with Crippen LogP contribution in [-0.4, -0.2) is 22.3 Å². The standard InChI is InChI=1S/C22H20N2O2S/c1-3-15-5-7-17(8-6-15)21-19(13-25)24-20(14-27-22(24)23-21)16-9-11-18(12-10-16)26-4-2/h5-14H,3-4H2,1-2H3. The Morgan fingerprint density at radius 3 is 2.37 bits per heavy atom. The number of carbonyl (C=O) groups excluding carboxylic acids is 1. The van der Waals surface area contributed by atoms with Crippen LogP contribution in [0.2, 0.25) is 0 Å². The number of aldehydes is 1. The topological polar surface area (TPSA) is 43.6 Å². The van der Waals surface area contributed by atoms with Crippen LogP contribution in [0.25, 0.3) is 27.5 Å². The van der Waals surface area contributed by atoms with Crippen LogP contribution < -0.4 is 4.74 Å². The fraction of sp³-hybridized carbons (Fsp3) is 0.182. The molecule has 0 saturated carbocycles. The maximum atomic E-state index is 11.9. The molecule has 0 aliphatic heterocycles. The van der Waals surface area contributed by atoms with Crippen molar-refractivity contribution >= 4 is 22.6 Å². The number of imidazole rings is 1. The number of hydrogen-bond acceptors (Lipinski definition) is 4. The number of aryl methyl sites for hydroxylation is 1. The second kappa shape index (κ2) is 7.37. The van der Waals surface area contributed by atoms with E-state index in [4.69, 9.17) is 9.72 Å². The van der Waals surface area contributed by atoms with E-state index in [0.29, 0.717) is 12.3 Å². The highest BCUT2D eigenvalue weighted by Gasteiger charge is 2.18. The molecule has 0 aliphatic rings. The van der Waals surface area contributed by atoms with Crippen LogP contribution in [0.3, 0.4) is 0 Å². The van der Waals surface area contributed by atoms with E-state index in [1.54, 1.807) is 0 Å². The lowest BCUT2D eigenvalue weighted by atomic mass is 10.1. The van der Waals surface area contributed by atoms with Crippen molar-refractivity contribution in [3.05, 3.63) is 65.2 Å². The first-order chi connectivity index (χ1) is 13.2. The Morgan fingerprint density at radius 1 is 1.04 bits per heavy atom. The van der Waals surface area contributed by atoms with Gasteiger partial charge in [0.15, 0.2) is 11.2 Å². The van der Waals surface area contributed by atoms with Crippen molar-refractivity contribution in [2.75, 3.05) is 6.61 Å². The molecule has 4 nitrogen and oxygen atoms in total. The van der Waals surface area contributed by atoms with Crippen LogP contribution in [0.4, 0.5) is 0 Å². The van der Waals surface area contributed by atoms with Gasteiger partial charge in [-0.15, -0.1) is 11.3 Å². The first kappa shape index (κ1) is 17.5. The Hall–Kier alpha value is -2.92. The lowest BCUT2D eigenvalue weighted by molar-refractivity contribution is 0.111. The van der Waals surface area contributed by atoms with E-state index in [2.05, 4.69) is 19.1 Å². The van der Waals surface area contributed by atoms with E-state index in [1.165, 1.54) is 16.9 Å². The van der Waals surface area contributed by atoms with E-state index in [-0.39, 0.29) is 0 Å². The van der Waals surface area contributed by atoms with E-state index in [0.717, 1.165) is 45.9 Å². The third-order valence-electron chi connectivity index (χ3n) is 4.61. The van der Waals surface area contributed by atoms with Gasteiger partial charge < -0.3 is 4.74 Å². The van der Waals surface area contributed by atoms with Crippen molar-refractivity contribution < 1.29 is 9.53 Å². The zero-order chi connectivity index (χ0) is 18.8. The summed E-state index contributed by atoms with van der Waals surface area (Å²) in [5.41, 5.74) is 5.53. The molecule has 0 unspecified atom stereocenters. The third kappa shape index (κ3) is 3.15. The Morgan fingerprint density at radius 2 is 1.74 bits per heavy atom. The molecular formula is C22H20N2O2S. The molecule has 2 heterocycles. The largest absolute Gasteiger partial charge is 0.494 e. The highest BCUT2D eigenvalue weighted by Crippen LogP contribution is 2.33. The highest BCUT2D eigenvalue weighted by molar-refractivity contribution is 7.15. The molecule has 0 radical (unpaired) electrons. The fourth-order valence-corrected chi connectivity index (χ4v) is 4.09. The number of rotatable bonds is 6. The van der Waals surface area contributed by atoms with E-state index < -0.39 is 0 Å². The SMILES string of the molecule is CCOc1ccc(-c2csc3nc(-c4ccc(CC)cc4)c(C=O)n23)cc1. The predicted octanol–water partition coefficient (Wildman–Crippen LogP) is 5.50. The minimum absolute atomic E-state index is 0.583. The molecule has 2 aromatic heterocycles. The first-order valence-corrected chi connectivity index (χ1v) is 9.90. The fourth-order valence-electron chi connectivity index (χ4n) is 3.19. The number of aromatic nitrogens is 2. The van der Waals surface area contributed by atoms with Gasteiger partial charge in [0.2, 0.25) is 0 Å². The molecule has 0 aliphatic carbocycles. The van der Waals surface area contributed by atoms with Gasteiger partial charge in [-0.05, 0) is 48.7 Å². The summed E-state index contributed by atoms with van der Waals surface area (Å²) < 4.78 is 7.46. The number of nitrogens with zero attached hydrogens (tertiary/aromatic N) is 2. The van der Waals surface area contributed by atoms with Crippen LogP contribution in [0.1, 0.15) is 29.9 Å². The normalized spacial score (nSPS) is 11.0. The average molecular weight is 376 g/mol. The molecular weight excluding hydrogens is 356 g/mol. The summed E-state index contributed by atoms with van der Waals surface area (Å²) in [6.07, 6.45) is 1.88. The molecule has 27 heavy (non-hydrogen) atoms. The van der Waals surface area contributed by atoms with Gasteiger partial charge in [0, 0.05) is 10.9 Å². The second-order valence-corrected chi connectivity index (χ2v) is 7.05. The van der Waals surface area contributed by atoms with E-state index in [1.807, 2.05) is 53.1 Å². The van der Waals surface area contributed by atoms with E-state index in [9.17, 15) is 4.79 Å². The Labute approximate surface area is 162 Å². The highest BCUT2D eigenvalue weighted by atomic mass is 32.1. The average Bonchev–Trinajstić information content (AvgIpc) is 3.28. The quantitative estimate of drug-likeness (QED) is 0.417. The molecule has 0 spiro atoms. The molecule has 0 atom stereocenters. The maximum Gasteiger partial charge on any atom is 0.195 e. The summed E-state index contributed by atoms with van der Waals surface area (Å²) in [6, 6.07) is 16.2. The monoisotopic (exact) mass is 376 g/mol. The molecule has 136 valence electrons. The van der Waals surface area contributed by atoms with Gasteiger partial charge in [-0.3, -0.25) is 9.20 Å². The predicted molar refractivity (Wildman–Crippen MR) is 110 cm³/mol. The molecule has 4 aromatic rings. The smallest absolute Gasteiger partial charge is 0.195 e. The lowest BCUT2D eigenvalue weighted by Crippen LogP contribution is -1.95. The zero-order valence-electron chi connectivity index (χ0n) is 15.3. The summed E-state index contributed by atoms with van der Waals surface area (Å²) in [5, 5.41) is 2.04. The molecule has 0 fully saturated rings. The van der Waals surface area contributed by atoms with Crippen LogP contribution in [-0.2, 0) is 6.42 Å². The zero-order valence-corrected chi connectivity index (χ0v) is 16.1. The van der Waals surface area contributed by atoms with Crippen molar-refractivity contribution in [3.63, 3.8) is 0 Å². The van der Waals surface area contributed by atoms with Crippen LogP contribution in [0.5, 0.6) is 5.75 Å². The number of ether oxygens (including phenoxy) is 1. The van der Waals surface area contributed by atoms with Crippen molar-refractivity contribution in [2.24, 2.45) is 0 Å². The number of carbonyl (C=O) groups is 1. The minimum atomic E-state index is 0.583. The Kier molecular flexibility index (Phi) is 4.77. The molecule has 0 amide bonds. The maximum absolute atomic E-state index is 11.9. The first-order valence-electron chi connectivity index (χ1n) is 9.02. The van der Waals surface area contributed by atoms with Crippen molar-refractivity contribution in [1.29, 1.82) is 0 Å². The molecule has 2 aromatic carbocycles. The summed E-state index contributed by atoms with van der Waals surface area (Å²) in [5.74, 6) is 0.839. The van der Waals surface area contributed by atoms with Crippen molar-refractivity contribution in [1.82, 2.24) is 9.38 Å². The molecule has 5 heteroatoms. The Bertz CT molecular complexity index is 1080. The van der Waals surface area contributed by atoms with E-state index >= 15 is 0 Å². The Balaban J connectivity index is 1.81. The van der Waals surface area contributed by atoms with Gasteiger partial charge in [0.1, 0.15) is 17.1 Å². The van der Waals surface area contributed by atoms with Crippen LogP contribution in [0, 0.1) is 0 Å². The van der Waals surface area contributed by atoms with Gasteiger partial charge >= 0.3 is 0 Å². The second-order valence-electron chi connectivity index (χ2n) is 6.21. The minimum Gasteiger partial charge on any atom is -0.494 e. The third-order valence-corrected chi connectivity index (χ3v) is 5.43.